The Morgan fingerprint density at radius 3 is 3.00 bits per heavy atom. The van der Waals surface area contributed by atoms with E-state index >= 15 is 0 Å². The smallest absolute Gasteiger partial charge is 0.0324 e. The normalized spacial score (nSPS) is 21.2. The summed E-state index contributed by atoms with van der Waals surface area (Å²) in [5.74, 6) is 0. The van der Waals surface area contributed by atoms with Crippen LogP contribution in [0.1, 0.15) is 6.92 Å². The molecular formula is C4H6NS. The summed E-state index contributed by atoms with van der Waals surface area (Å²) in [5.41, 5.74) is 0. The first-order valence-corrected chi connectivity index (χ1v) is 2.68. The Labute approximate surface area is 41.9 Å². The van der Waals surface area contributed by atoms with E-state index in [0.29, 0.717) is 0 Å². The molecule has 1 radical (unpaired) electrons. The van der Waals surface area contributed by atoms with Gasteiger partial charge >= 0.3 is 0 Å². The van der Waals surface area contributed by atoms with Crippen molar-refractivity contribution in [2.24, 2.45) is 0 Å². The highest BCUT2D eigenvalue weighted by molar-refractivity contribution is 8.01. The molecule has 0 aromatic heterocycles. The van der Waals surface area contributed by atoms with Crippen LogP contribution in [-0.2, 0) is 0 Å². The SMILES string of the molecule is CC1=[C]CNS1. The summed E-state index contributed by atoms with van der Waals surface area (Å²) in [6.07, 6.45) is 3.09. The zero-order chi connectivity index (χ0) is 4.41. The van der Waals surface area contributed by atoms with Crippen molar-refractivity contribution in [3.8, 4) is 0 Å². The van der Waals surface area contributed by atoms with Crippen LogP contribution in [0.5, 0.6) is 0 Å². The first kappa shape index (κ1) is 4.22. The van der Waals surface area contributed by atoms with E-state index < -0.39 is 0 Å². The summed E-state index contributed by atoms with van der Waals surface area (Å²) in [5, 5.41) is 0. The van der Waals surface area contributed by atoms with Crippen molar-refractivity contribution in [2.45, 2.75) is 6.92 Å². The summed E-state index contributed by atoms with van der Waals surface area (Å²) in [7, 11) is 0. The van der Waals surface area contributed by atoms with Crippen LogP contribution in [0.2, 0.25) is 0 Å². The zero-order valence-electron chi connectivity index (χ0n) is 3.62. The second-order valence-electron chi connectivity index (χ2n) is 1.16. The maximum absolute atomic E-state index is 3.09. The van der Waals surface area contributed by atoms with Gasteiger partial charge in [0.2, 0.25) is 0 Å². The van der Waals surface area contributed by atoms with Gasteiger partial charge < -0.3 is 0 Å². The van der Waals surface area contributed by atoms with Crippen LogP contribution in [0.15, 0.2) is 4.91 Å². The minimum absolute atomic E-state index is 0.913. The van der Waals surface area contributed by atoms with Gasteiger partial charge in [-0.3, -0.25) is 4.72 Å². The van der Waals surface area contributed by atoms with Crippen LogP contribution < -0.4 is 4.72 Å². The molecule has 0 amide bonds. The summed E-state index contributed by atoms with van der Waals surface area (Å²) in [6, 6.07) is 0. The number of hydrogen-bond donors (Lipinski definition) is 1. The van der Waals surface area contributed by atoms with Crippen molar-refractivity contribution < 1.29 is 0 Å². The number of rotatable bonds is 0. The third kappa shape index (κ3) is 0.758. The standard InChI is InChI=1S/C4H6NS/c1-4-2-3-5-6-4/h5H,3H2,1H3. The minimum atomic E-state index is 0.913. The summed E-state index contributed by atoms with van der Waals surface area (Å²) in [6.45, 7) is 2.96. The van der Waals surface area contributed by atoms with Gasteiger partial charge in [0.25, 0.3) is 0 Å². The number of allylic oxidation sites excluding steroid dienone is 1. The van der Waals surface area contributed by atoms with Gasteiger partial charge in [0.15, 0.2) is 0 Å². The van der Waals surface area contributed by atoms with Crippen molar-refractivity contribution in [3.05, 3.63) is 11.0 Å². The topological polar surface area (TPSA) is 12.0 Å². The molecule has 1 heterocycles. The monoisotopic (exact) mass is 100 g/mol. The van der Waals surface area contributed by atoms with Gasteiger partial charge in [-0.2, -0.15) is 0 Å². The molecule has 0 atom stereocenters. The van der Waals surface area contributed by atoms with Crippen molar-refractivity contribution in [3.63, 3.8) is 0 Å². The van der Waals surface area contributed by atoms with Crippen LogP contribution in [-0.4, -0.2) is 6.54 Å². The lowest BCUT2D eigenvalue weighted by Gasteiger charge is -1.82. The summed E-state index contributed by atoms with van der Waals surface area (Å²) < 4.78 is 3.04. The molecule has 1 nitrogen and oxygen atoms in total. The molecule has 33 valence electrons. The number of hydrogen-bond acceptors (Lipinski definition) is 2. The molecule has 0 saturated carbocycles. The fraction of sp³-hybridized carbons (Fsp3) is 0.500. The second-order valence-corrected chi connectivity index (χ2v) is 2.26. The van der Waals surface area contributed by atoms with Crippen molar-refractivity contribution in [1.29, 1.82) is 0 Å². The molecule has 0 fully saturated rings. The average molecular weight is 100 g/mol. The summed E-state index contributed by atoms with van der Waals surface area (Å²) >= 11 is 1.65. The predicted octanol–water partition coefficient (Wildman–Crippen LogP) is 0.945. The van der Waals surface area contributed by atoms with E-state index in [-0.39, 0.29) is 0 Å². The maximum atomic E-state index is 3.09. The molecule has 0 unspecified atom stereocenters. The Bertz CT molecular complexity index is 77.6. The van der Waals surface area contributed by atoms with Crippen LogP contribution in [0, 0.1) is 6.08 Å². The van der Waals surface area contributed by atoms with Gasteiger partial charge in [-0.05, 0) is 24.9 Å². The fourth-order valence-electron chi connectivity index (χ4n) is 0.341. The van der Waals surface area contributed by atoms with Gasteiger partial charge in [0.05, 0.1) is 0 Å². The Hall–Kier alpha value is 0.0500. The first-order chi connectivity index (χ1) is 2.89. The summed E-state index contributed by atoms with van der Waals surface area (Å²) in [4.78, 5) is 1.26. The lowest BCUT2D eigenvalue weighted by atomic mass is 10.5. The second kappa shape index (κ2) is 1.67. The van der Waals surface area contributed by atoms with Crippen LogP contribution >= 0.6 is 11.9 Å². The Balaban J connectivity index is 2.45. The molecule has 0 spiro atoms. The molecule has 0 aliphatic carbocycles. The van der Waals surface area contributed by atoms with Gasteiger partial charge in [0.1, 0.15) is 0 Å². The third-order valence-electron chi connectivity index (χ3n) is 0.635. The fourth-order valence-corrected chi connectivity index (χ4v) is 0.846. The van der Waals surface area contributed by atoms with E-state index in [0.717, 1.165) is 6.54 Å². The molecule has 1 aliphatic heterocycles. The average Bonchev–Trinajstić information content (AvgIpc) is 1.86. The quantitative estimate of drug-likeness (QED) is 0.455. The molecule has 6 heavy (non-hydrogen) atoms. The highest BCUT2D eigenvalue weighted by Gasteiger charge is 1.95. The molecule has 0 saturated heterocycles. The van der Waals surface area contributed by atoms with Crippen LogP contribution in [0.3, 0.4) is 0 Å². The van der Waals surface area contributed by atoms with Crippen molar-refractivity contribution in [1.82, 2.24) is 4.72 Å². The highest BCUT2D eigenvalue weighted by Crippen LogP contribution is 2.12. The molecule has 1 N–H and O–H groups in total. The van der Waals surface area contributed by atoms with Crippen molar-refractivity contribution in [2.75, 3.05) is 6.54 Å². The van der Waals surface area contributed by atoms with Gasteiger partial charge in [-0.1, -0.05) is 0 Å². The molecule has 0 aromatic carbocycles. The van der Waals surface area contributed by atoms with Crippen LogP contribution in [0.4, 0.5) is 0 Å². The maximum Gasteiger partial charge on any atom is 0.0324 e. The molecule has 0 bridgehead atoms. The van der Waals surface area contributed by atoms with E-state index in [2.05, 4.69) is 10.8 Å². The third-order valence-corrected chi connectivity index (χ3v) is 1.37. The molecule has 0 aromatic rings. The molecule has 1 rings (SSSR count). The van der Waals surface area contributed by atoms with E-state index in [1.165, 1.54) is 4.91 Å². The Morgan fingerprint density at radius 1 is 2.00 bits per heavy atom. The molecule has 1 aliphatic rings. The van der Waals surface area contributed by atoms with E-state index in [4.69, 9.17) is 0 Å². The largest absolute Gasteiger partial charge is 0.256 e. The lowest BCUT2D eigenvalue weighted by Crippen LogP contribution is -1.93. The first-order valence-electron chi connectivity index (χ1n) is 1.87. The van der Waals surface area contributed by atoms with Gasteiger partial charge in [-0.15, -0.1) is 0 Å². The van der Waals surface area contributed by atoms with E-state index in [1.807, 2.05) is 6.92 Å². The lowest BCUT2D eigenvalue weighted by molar-refractivity contribution is 1.13. The van der Waals surface area contributed by atoms with Crippen LogP contribution in [0.25, 0.3) is 0 Å². The minimum Gasteiger partial charge on any atom is -0.256 e. The number of nitrogens with one attached hydrogen (secondary N) is 1. The Morgan fingerprint density at radius 2 is 2.83 bits per heavy atom. The highest BCUT2D eigenvalue weighted by atomic mass is 32.2. The molecule has 2 heteroatoms. The molecular weight excluding hydrogens is 94.1 g/mol. The van der Waals surface area contributed by atoms with Gasteiger partial charge in [-0.25, -0.2) is 0 Å². The zero-order valence-corrected chi connectivity index (χ0v) is 4.43. The van der Waals surface area contributed by atoms with Crippen molar-refractivity contribution >= 4 is 11.9 Å². The Kier molecular flexibility index (Phi) is 1.17. The van der Waals surface area contributed by atoms with E-state index in [9.17, 15) is 0 Å². The predicted molar refractivity (Wildman–Crippen MR) is 28.0 cm³/mol. The van der Waals surface area contributed by atoms with E-state index in [1.54, 1.807) is 11.9 Å². The van der Waals surface area contributed by atoms with Gasteiger partial charge in [0, 0.05) is 11.4 Å².